The van der Waals surface area contributed by atoms with Crippen molar-refractivity contribution in [1.82, 2.24) is 4.57 Å². The van der Waals surface area contributed by atoms with Crippen molar-refractivity contribution in [2.75, 3.05) is 26.1 Å². The lowest BCUT2D eigenvalue weighted by molar-refractivity contribution is 0.356. The van der Waals surface area contributed by atoms with Crippen molar-refractivity contribution in [2.24, 2.45) is 0 Å². The molecule has 3 rings (SSSR count). The fourth-order valence-corrected chi connectivity index (χ4v) is 2.62. The Morgan fingerprint density at radius 2 is 1.90 bits per heavy atom. The molecule has 6 heteroatoms. The highest BCUT2D eigenvalue weighted by atomic mass is 16.5. The van der Waals surface area contributed by atoms with Crippen molar-refractivity contribution in [1.29, 1.82) is 10.7 Å². The Morgan fingerprint density at radius 3 is 2.50 bits per heavy atom. The lowest BCUT2D eigenvalue weighted by Crippen LogP contribution is -2.21. The molecule has 0 saturated heterocycles. The summed E-state index contributed by atoms with van der Waals surface area (Å²) >= 11 is 0. The minimum atomic E-state index is 0.229. The zero-order chi connectivity index (χ0) is 14.3. The summed E-state index contributed by atoms with van der Waals surface area (Å²) in [5.74, 6) is 2.02. The maximum Gasteiger partial charge on any atom is 0.161 e. The van der Waals surface area contributed by atoms with Gasteiger partial charge in [-0.25, -0.2) is 0 Å². The van der Waals surface area contributed by atoms with Crippen LogP contribution in [0.5, 0.6) is 11.5 Å². The fourth-order valence-electron chi connectivity index (χ4n) is 2.62. The summed E-state index contributed by atoms with van der Waals surface area (Å²) in [4.78, 5) is 0. The fraction of sp³-hybridized carbons (Fsp3) is 0.286. The van der Waals surface area contributed by atoms with E-state index < -0.39 is 0 Å². The molecule has 2 aromatic rings. The van der Waals surface area contributed by atoms with Crippen molar-refractivity contribution < 1.29 is 9.47 Å². The Labute approximate surface area is 115 Å². The molecule has 6 nitrogen and oxygen atoms in total. The molecule has 0 atom stereocenters. The number of methoxy groups -OCH3 is 2. The average Bonchev–Trinajstić information content (AvgIpc) is 2.96. The maximum atomic E-state index is 9.36. The van der Waals surface area contributed by atoms with Crippen LogP contribution < -0.4 is 20.3 Å². The van der Waals surface area contributed by atoms with Gasteiger partial charge in [-0.2, -0.15) is 5.26 Å². The van der Waals surface area contributed by atoms with Gasteiger partial charge in [-0.1, -0.05) is 0 Å². The molecule has 0 aliphatic carbocycles. The average molecular weight is 270 g/mol. The van der Waals surface area contributed by atoms with Gasteiger partial charge in [0.1, 0.15) is 22.9 Å². The second-order valence-corrected chi connectivity index (χ2v) is 4.52. The minimum Gasteiger partial charge on any atom is -0.493 e. The summed E-state index contributed by atoms with van der Waals surface area (Å²) in [5.41, 5.74) is 0.584. The van der Waals surface area contributed by atoms with Gasteiger partial charge in [0.2, 0.25) is 0 Å². The van der Waals surface area contributed by atoms with Crippen LogP contribution in [0.1, 0.15) is 5.56 Å². The number of fused-ring (bicyclic) bond motifs is 3. The van der Waals surface area contributed by atoms with Crippen LogP contribution >= 0.6 is 0 Å². The second kappa shape index (κ2) is 4.46. The number of nitrogens with zero attached hydrogens (tertiary/aromatic N) is 2. The smallest absolute Gasteiger partial charge is 0.161 e. The molecule has 0 amide bonds. The van der Waals surface area contributed by atoms with Gasteiger partial charge in [0, 0.05) is 23.9 Å². The normalized spacial score (nSPS) is 12.7. The van der Waals surface area contributed by atoms with Crippen molar-refractivity contribution in [3.63, 3.8) is 0 Å². The molecule has 2 heterocycles. The summed E-state index contributed by atoms with van der Waals surface area (Å²) in [6, 6.07) is 5.73. The van der Waals surface area contributed by atoms with E-state index in [1.54, 1.807) is 20.3 Å². The van der Waals surface area contributed by atoms with Crippen molar-refractivity contribution in [3.05, 3.63) is 23.2 Å². The monoisotopic (exact) mass is 270 g/mol. The van der Waals surface area contributed by atoms with Gasteiger partial charge >= 0.3 is 0 Å². The van der Waals surface area contributed by atoms with Crippen LogP contribution in [0.3, 0.4) is 0 Å². The van der Waals surface area contributed by atoms with Gasteiger partial charge in [-0.3, -0.25) is 5.41 Å². The molecule has 20 heavy (non-hydrogen) atoms. The summed E-state index contributed by atoms with van der Waals surface area (Å²) in [7, 11) is 3.13. The van der Waals surface area contributed by atoms with Gasteiger partial charge in [-0.15, -0.1) is 0 Å². The number of anilines is 1. The molecule has 1 aliphatic heterocycles. The molecular formula is C14H14N4O2. The molecule has 0 radical (unpaired) electrons. The van der Waals surface area contributed by atoms with Gasteiger partial charge in [0.15, 0.2) is 11.5 Å². The molecule has 1 aromatic heterocycles. The molecule has 2 N–H and O–H groups in total. The number of hydrogen-bond donors (Lipinski definition) is 2. The summed E-state index contributed by atoms with van der Waals surface area (Å²) < 4.78 is 12.4. The lowest BCUT2D eigenvalue weighted by Gasteiger charge is -2.14. The van der Waals surface area contributed by atoms with Gasteiger partial charge in [-0.05, 0) is 12.1 Å². The Hall–Kier alpha value is -2.68. The van der Waals surface area contributed by atoms with E-state index in [0.717, 1.165) is 17.7 Å². The van der Waals surface area contributed by atoms with E-state index in [1.165, 1.54) is 0 Å². The summed E-state index contributed by atoms with van der Waals surface area (Å²) in [5, 5.41) is 22.4. The number of ether oxygens (including phenoxy) is 2. The number of benzene rings is 1. The lowest BCUT2D eigenvalue weighted by atomic mass is 10.1. The van der Waals surface area contributed by atoms with E-state index in [2.05, 4.69) is 11.4 Å². The molecule has 0 saturated carbocycles. The SMILES string of the molecule is COc1cc2c(C#N)c(=N)n3c(c2cc1OC)NCC3. The molecule has 1 aromatic carbocycles. The van der Waals surface area contributed by atoms with E-state index >= 15 is 0 Å². The van der Waals surface area contributed by atoms with Crippen LogP contribution in [-0.2, 0) is 6.54 Å². The quantitative estimate of drug-likeness (QED) is 0.864. The van der Waals surface area contributed by atoms with E-state index in [-0.39, 0.29) is 5.49 Å². The Bertz CT molecular complexity index is 802. The number of rotatable bonds is 2. The zero-order valence-electron chi connectivity index (χ0n) is 11.3. The van der Waals surface area contributed by atoms with Crippen LogP contribution in [0.15, 0.2) is 12.1 Å². The van der Waals surface area contributed by atoms with Gasteiger partial charge in [0.05, 0.1) is 14.2 Å². The largest absolute Gasteiger partial charge is 0.493 e. The predicted molar refractivity (Wildman–Crippen MR) is 74.1 cm³/mol. The molecule has 1 aliphatic rings. The number of pyridine rings is 1. The van der Waals surface area contributed by atoms with Crippen molar-refractivity contribution >= 4 is 16.6 Å². The third kappa shape index (κ3) is 1.53. The van der Waals surface area contributed by atoms with Crippen LogP contribution in [0.2, 0.25) is 0 Å². The Kier molecular flexibility index (Phi) is 2.75. The van der Waals surface area contributed by atoms with Crippen molar-refractivity contribution in [2.45, 2.75) is 6.54 Å². The van der Waals surface area contributed by atoms with E-state index in [1.807, 2.05) is 10.6 Å². The third-order valence-electron chi connectivity index (χ3n) is 3.56. The zero-order valence-corrected chi connectivity index (χ0v) is 11.3. The third-order valence-corrected chi connectivity index (χ3v) is 3.56. The highest BCUT2D eigenvalue weighted by molar-refractivity contribution is 5.98. The molecule has 0 unspecified atom stereocenters. The first-order valence-corrected chi connectivity index (χ1v) is 6.22. The van der Waals surface area contributed by atoms with Crippen LogP contribution in [0.4, 0.5) is 5.82 Å². The van der Waals surface area contributed by atoms with Crippen LogP contribution in [-0.4, -0.2) is 25.3 Å². The Morgan fingerprint density at radius 1 is 1.25 bits per heavy atom. The minimum absolute atomic E-state index is 0.229. The molecule has 102 valence electrons. The van der Waals surface area contributed by atoms with Crippen LogP contribution in [0, 0.1) is 16.7 Å². The van der Waals surface area contributed by atoms with Gasteiger partial charge in [0.25, 0.3) is 0 Å². The van der Waals surface area contributed by atoms with Gasteiger partial charge < -0.3 is 19.4 Å². The number of hydrogen-bond acceptors (Lipinski definition) is 5. The predicted octanol–water partition coefficient (Wildman–Crippen LogP) is 1.44. The maximum absolute atomic E-state index is 9.36. The molecular weight excluding hydrogens is 256 g/mol. The van der Waals surface area contributed by atoms with Crippen LogP contribution in [0.25, 0.3) is 10.8 Å². The van der Waals surface area contributed by atoms with E-state index in [9.17, 15) is 5.26 Å². The number of aromatic nitrogens is 1. The first-order chi connectivity index (χ1) is 9.71. The standard InChI is InChI=1S/C14H14N4O2/c1-19-11-5-8-9(6-12(11)20-2)14-17-3-4-18(14)13(16)10(8)7-15/h5-6,16-17H,3-4H2,1-2H3. The highest BCUT2D eigenvalue weighted by Crippen LogP contribution is 2.36. The first-order valence-electron chi connectivity index (χ1n) is 6.22. The second-order valence-electron chi connectivity index (χ2n) is 4.52. The first kappa shape index (κ1) is 12.4. The van der Waals surface area contributed by atoms with E-state index in [4.69, 9.17) is 14.9 Å². The highest BCUT2D eigenvalue weighted by Gasteiger charge is 2.20. The number of nitriles is 1. The molecule has 0 fully saturated rings. The topological polar surface area (TPSA) is 83.1 Å². The van der Waals surface area contributed by atoms with Crippen molar-refractivity contribution in [3.8, 4) is 17.6 Å². The molecule has 0 spiro atoms. The molecule has 0 bridgehead atoms. The summed E-state index contributed by atoms with van der Waals surface area (Å²) in [6.45, 7) is 1.44. The summed E-state index contributed by atoms with van der Waals surface area (Å²) in [6.07, 6.45) is 0. The number of nitrogens with one attached hydrogen (secondary N) is 2. The van der Waals surface area contributed by atoms with E-state index in [0.29, 0.717) is 29.0 Å². The Balaban J connectivity index is 2.50.